The Morgan fingerprint density at radius 3 is 0.800 bits per heavy atom. The van der Waals surface area contributed by atoms with Crippen molar-refractivity contribution in [3.63, 3.8) is 0 Å². The molecule has 151 valence electrons. The van der Waals surface area contributed by atoms with Gasteiger partial charge >= 0.3 is 0 Å². The summed E-state index contributed by atoms with van der Waals surface area (Å²) in [6, 6.07) is 44.4. The molecule has 1 radical (unpaired) electrons. The van der Waals surface area contributed by atoms with Gasteiger partial charge < -0.3 is 0 Å². The van der Waals surface area contributed by atoms with E-state index >= 15 is 0 Å². The minimum Gasteiger partial charge on any atom is -0.0622 e. The Balaban J connectivity index is 0.00000256. The van der Waals surface area contributed by atoms with E-state index in [2.05, 4.69) is 135 Å². The molecule has 0 fully saturated rings. The van der Waals surface area contributed by atoms with Gasteiger partial charge in [-0.05, 0) is 37.1 Å². The van der Waals surface area contributed by atoms with Gasteiger partial charge in [0.2, 0.25) is 0 Å². The molecule has 0 aliphatic carbocycles. The zero-order valence-corrected chi connectivity index (χ0v) is 21.5. The average molecular weight is 564 g/mol. The molecule has 0 saturated heterocycles. The molecule has 3 heteroatoms. The summed E-state index contributed by atoms with van der Waals surface area (Å²) < 4.78 is 0. The molecule has 0 spiro atoms. The first kappa shape index (κ1) is 24.0. The number of rotatable bonds is 6. The molecular weight excluding hydrogens is 538 g/mol. The number of benzene rings is 4. The molecule has 0 atom stereocenters. The first-order valence-corrected chi connectivity index (χ1v) is 12.7. The Morgan fingerprint density at radius 2 is 0.600 bits per heavy atom. The van der Waals surface area contributed by atoms with Gasteiger partial charge in [-0.1, -0.05) is 135 Å². The molecule has 0 aromatic heterocycles. The Morgan fingerprint density at radius 1 is 0.400 bits per heavy atom. The summed E-state index contributed by atoms with van der Waals surface area (Å²) >= 11 is 0. The van der Waals surface area contributed by atoms with Crippen LogP contribution < -0.4 is 21.2 Å². The summed E-state index contributed by atoms with van der Waals surface area (Å²) in [4.78, 5) is 0.0794. The predicted octanol–water partition coefficient (Wildman–Crippen LogP) is 5.99. The predicted molar refractivity (Wildman–Crippen MR) is 132 cm³/mol. The summed E-state index contributed by atoms with van der Waals surface area (Å²) in [5.41, 5.74) is 0. The summed E-state index contributed by atoms with van der Waals surface area (Å²) in [5, 5.41) is 5.77. The van der Waals surface area contributed by atoms with E-state index in [1.165, 1.54) is 21.2 Å². The maximum Gasteiger partial charge on any atom is 0.0210 e. The number of hydrogen-bond acceptors (Lipinski definition) is 0. The standard InChI is InChI=1S/C27H26P2.Eu/c1-27(2,28(23-15-7-3-8-16-23)24-17-9-4-10-18-24)29(25-19-11-5-12-20-25)26-21-13-6-14-22-26;/h3-22H,1-2H3;. The first-order chi connectivity index (χ1) is 14.2. The number of hydrogen-bond donors (Lipinski definition) is 0. The van der Waals surface area contributed by atoms with Gasteiger partial charge in [0.25, 0.3) is 0 Å². The van der Waals surface area contributed by atoms with Crippen molar-refractivity contribution in [1.29, 1.82) is 0 Å². The second kappa shape index (κ2) is 11.3. The van der Waals surface area contributed by atoms with Gasteiger partial charge in [0.15, 0.2) is 0 Å². The van der Waals surface area contributed by atoms with Gasteiger partial charge in [-0.3, -0.25) is 0 Å². The van der Waals surface area contributed by atoms with Gasteiger partial charge in [0.05, 0.1) is 0 Å². The minimum atomic E-state index is -0.552. The average Bonchev–Trinajstić information content (AvgIpc) is 2.77. The second-order valence-corrected chi connectivity index (χ2v) is 13.5. The van der Waals surface area contributed by atoms with Crippen LogP contribution in [0.4, 0.5) is 0 Å². The van der Waals surface area contributed by atoms with Crippen molar-refractivity contribution in [2.45, 2.75) is 18.7 Å². The van der Waals surface area contributed by atoms with Crippen LogP contribution in [0.25, 0.3) is 0 Å². The largest absolute Gasteiger partial charge is 0.0622 e. The van der Waals surface area contributed by atoms with Crippen molar-refractivity contribution >= 4 is 37.1 Å². The van der Waals surface area contributed by atoms with Gasteiger partial charge in [0, 0.05) is 54.3 Å². The summed E-state index contributed by atoms with van der Waals surface area (Å²) in [7, 11) is -1.10. The monoisotopic (exact) mass is 565 g/mol. The van der Waals surface area contributed by atoms with Gasteiger partial charge in [-0.2, -0.15) is 0 Å². The zero-order valence-electron chi connectivity index (χ0n) is 17.3. The molecule has 0 saturated carbocycles. The third-order valence-corrected chi connectivity index (χ3v) is 11.8. The molecule has 4 aromatic carbocycles. The van der Waals surface area contributed by atoms with E-state index < -0.39 is 15.8 Å². The molecule has 4 rings (SSSR count). The van der Waals surface area contributed by atoms with Crippen molar-refractivity contribution in [2.75, 3.05) is 0 Å². The van der Waals surface area contributed by atoms with E-state index in [1.54, 1.807) is 0 Å². The molecular formula is C27H26EuP2. The quantitative estimate of drug-likeness (QED) is 0.253. The molecule has 0 heterocycles. The summed E-state index contributed by atoms with van der Waals surface area (Å²) in [6.07, 6.45) is 0. The molecule has 0 aliphatic rings. The summed E-state index contributed by atoms with van der Waals surface area (Å²) in [5.74, 6) is 0. The van der Waals surface area contributed by atoms with Gasteiger partial charge in [-0.25, -0.2) is 0 Å². The van der Waals surface area contributed by atoms with Crippen LogP contribution in [0.5, 0.6) is 0 Å². The van der Waals surface area contributed by atoms with Crippen molar-refractivity contribution in [3.05, 3.63) is 121 Å². The minimum absolute atomic E-state index is 0. The van der Waals surface area contributed by atoms with Crippen LogP contribution in [0.15, 0.2) is 121 Å². The fourth-order valence-electron chi connectivity index (χ4n) is 3.97. The molecule has 4 aromatic rings. The molecule has 30 heavy (non-hydrogen) atoms. The normalized spacial score (nSPS) is 11.3. The van der Waals surface area contributed by atoms with E-state index in [1.807, 2.05) is 0 Å². The van der Waals surface area contributed by atoms with Crippen molar-refractivity contribution in [3.8, 4) is 0 Å². The van der Waals surface area contributed by atoms with Gasteiger partial charge in [0.1, 0.15) is 0 Å². The van der Waals surface area contributed by atoms with Crippen LogP contribution in [0.3, 0.4) is 0 Å². The van der Waals surface area contributed by atoms with Crippen LogP contribution in [0.1, 0.15) is 13.8 Å². The molecule has 0 bridgehead atoms. The Bertz CT molecular complexity index is 855. The SMILES string of the molecule is CC(C)(P(c1ccccc1)c1ccccc1)P(c1ccccc1)c1ccccc1.[Eu]. The molecule has 0 nitrogen and oxygen atoms in total. The molecule has 0 amide bonds. The van der Waals surface area contributed by atoms with Crippen molar-refractivity contribution in [1.82, 2.24) is 0 Å². The fraction of sp³-hybridized carbons (Fsp3) is 0.111. The van der Waals surface area contributed by atoms with E-state index in [-0.39, 0.29) is 54.3 Å². The maximum atomic E-state index is 2.48. The van der Waals surface area contributed by atoms with Crippen LogP contribution in [-0.2, 0) is 0 Å². The van der Waals surface area contributed by atoms with Crippen molar-refractivity contribution in [2.24, 2.45) is 0 Å². The van der Waals surface area contributed by atoms with Crippen LogP contribution in [-0.4, -0.2) is 4.90 Å². The second-order valence-electron chi connectivity index (χ2n) is 7.51. The van der Waals surface area contributed by atoms with E-state index in [9.17, 15) is 0 Å². The third kappa shape index (κ3) is 5.38. The fourth-order valence-corrected chi connectivity index (χ4v) is 11.2. The maximum absolute atomic E-state index is 2.48. The van der Waals surface area contributed by atoms with Crippen LogP contribution >= 0.6 is 15.8 Å². The topological polar surface area (TPSA) is 0 Å². The Kier molecular flexibility index (Phi) is 9.00. The molecule has 0 unspecified atom stereocenters. The van der Waals surface area contributed by atoms with Crippen LogP contribution in [0, 0.1) is 49.4 Å². The third-order valence-electron chi connectivity index (χ3n) is 5.15. The van der Waals surface area contributed by atoms with E-state index in [0.717, 1.165) is 0 Å². The Labute approximate surface area is 224 Å². The van der Waals surface area contributed by atoms with E-state index in [0.29, 0.717) is 0 Å². The molecule has 0 aliphatic heterocycles. The first-order valence-electron chi connectivity index (χ1n) is 9.98. The Hall–Kier alpha value is -0.676. The smallest absolute Gasteiger partial charge is 0.0210 e. The van der Waals surface area contributed by atoms with Crippen LogP contribution in [0.2, 0.25) is 0 Å². The summed E-state index contributed by atoms with van der Waals surface area (Å²) in [6.45, 7) is 4.95. The zero-order chi connectivity index (χ0) is 20.1. The van der Waals surface area contributed by atoms with E-state index in [4.69, 9.17) is 0 Å². The van der Waals surface area contributed by atoms with Gasteiger partial charge in [-0.15, -0.1) is 0 Å². The molecule has 0 N–H and O–H groups in total. The van der Waals surface area contributed by atoms with Crippen molar-refractivity contribution < 1.29 is 49.4 Å².